The first-order valence-corrected chi connectivity index (χ1v) is 12.0. The van der Waals surface area contributed by atoms with Crippen LogP contribution in [0.15, 0.2) is 146 Å². The molecule has 1 nitrogen and oxygen atoms in total. The van der Waals surface area contributed by atoms with Gasteiger partial charge in [-0.2, -0.15) is 0 Å². The highest BCUT2D eigenvalue weighted by atomic mass is 14.9. The Bertz CT molecular complexity index is 1570. The molecule has 0 aromatic heterocycles. The van der Waals surface area contributed by atoms with Gasteiger partial charge in [-0.05, 0) is 68.4 Å². The lowest BCUT2D eigenvalue weighted by atomic mass is 9.87. The van der Waals surface area contributed by atoms with E-state index in [4.69, 9.17) is 0 Å². The van der Waals surface area contributed by atoms with Crippen molar-refractivity contribution < 1.29 is 0 Å². The quantitative estimate of drug-likeness (QED) is 0.277. The van der Waals surface area contributed by atoms with Crippen molar-refractivity contribution in [2.24, 2.45) is 0 Å². The molecule has 0 atom stereocenters. The number of fused-ring (bicyclic) bond motifs is 1. The fourth-order valence-electron chi connectivity index (χ4n) is 4.80. The van der Waals surface area contributed by atoms with Crippen molar-refractivity contribution in [2.45, 2.75) is 0 Å². The third-order valence-corrected chi connectivity index (χ3v) is 6.47. The predicted molar refractivity (Wildman–Crippen MR) is 150 cm³/mol. The lowest BCUT2D eigenvalue weighted by molar-refractivity contribution is 1.54. The van der Waals surface area contributed by atoms with Gasteiger partial charge in [0.1, 0.15) is 0 Å². The normalized spacial score (nSPS) is 10.9. The number of hydrogen-bond acceptors (Lipinski definition) is 1. The van der Waals surface area contributed by atoms with Gasteiger partial charge in [-0.1, -0.05) is 121 Å². The van der Waals surface area contributed by atoms with E-state index in [2.05, 4.69) is 133 Å². The SMILES string of the molecule is c1ccc(Nc2ccc(-c3ccc(-c4ccccc4)c4cccc(-c5ccccc5)c34)cc2)cc1. The first-order chi connectivity index (χ1) is 17.4. The van der Waals surface area contributed by atoms with Crippen LogP contribution in [-0.4, -0.2) is 0 Å². The average Bonchev–Trinajstić information content (AvgIpc) is 2.94. The van der Waals surface area contributed by atoms with E-state index >= 15 is 0 Å². The second-order valence-corrected chi connectivity index (χ2v) is 8.69. The van der Waals surface area contributed by atoms with Crippen molar-refractivity contribution in [3.05, 3.63) is 146 Å². The fraction of sp³-hybridized carbons (Fsp3) is 0. The standard InChI is InChI=1S/C34H25N/c1-4-11-25(12-5-1)30-23-24-32(27-19-21-29(22-20-27)35-28-15-8-3-9-16-28)34-31(17-10-18-33(30)34)26-13-6-2-7-14-26/h1-24,35H. The van der Waals surface area contributed by atoms with Gasteiger partial charge in [0.15, 0.2) is 0 Å². The number of para-hydroxylation sites is 1. The van der Waals surface area contributed by atoms with Crippen LogP contribution in [0, 0.1) is 0 Å². The Balaban J connectivity index is 1.52. The molecular formula is C34H25N. The van der Waals surface area contributed by atoms with E-state index in [0.717, 1.165) is 11.4 Å². The second-order valence-electron chi connectivity index (χ2n) is 8.69. The van der Waals surface area contributed by atoms with Crippen LogP contribution in [0.4, 0.5) is 11.4 Å². The summed E-state index contributed by atoms with van der Waals surface area (Å²) >= 11 is 0. The molecule has 0 aliphatic rings. The number of anilines is 2. The van der Waals surface area contributed by atoms with Gasteiger partial charge in [0.05, 0.1) is 0 Å². The smallest absolute Gasteiger partial charge is 0.0384 e. The van der Waals surface area contributed by atoms with E-state index in [-0.39, 0.29) is 0 Å². The molecule has 6 aromatic carbocycles. The summed E-state index contributed by atoms with van der Waals surface area (Å²) in [5.74, 6) is 0. The van der Waals surface area contributed by atoms with Gasteiger partial charge in [0.2, 0.25) is 0 Å². The Morgan fingerprint density at radius 2 is 0.800 bits per heavy atom. The van der Waals surface area contributed by atoms with Crippen LogP contribution in [0.5, 0.6) is 0 Å². The van der Waals surface area contributed by atoms with Crippen molar-refractivity contribution in [3.8, 4) is 33.4 Å². The van der Waals surface area contributed by atoms with Crippen molar-refractivity contribution >= 4 is 22.1 Å². The molecule has 6 rings (SSSR count). The fourth-order valence-corrected chi connectivity index (χ4v) is 4.80. The van der Waals surface area contributed by atoms with E-state index in [1.54, 1.807) is 0 Å². The molecule has 166 valence electrons. The molecule has 1 heteroatoms. The highest BCUT2D eigenvalue weighted by Crippen LogP contribution is 2.41. The molecule has 1 N–H and O–H groups in total. The monoisotopic (exact) mass is 447 g/mol. The highest BCUT2D eigenvalue weighted by molar-refractivity contribution is 6.12. The average molecular weight is 448 g/mol. The highest BCUT2D eigenvalue weighted by Gasteiger charge is 2.14. The summed E-state index contributed by atoms with van der Waals surface area (Å²) in [6, 6.07) is 51.6. The van der Waals surface area contributed by atoms with Crippen LogP contribution >= 0.6 is 0 Å². The zero-order valence-corrected chi connectivity index (χ0v) is 19.4. The molecule has 0 saturated carbocycles. The van der Waals surface area contributed by atoms with E-state index in [1.165, 1.54) is 44.2 Å². The van der Waals surface area contributed by atoms with E-state index in [0.29, 0.717) is 0 Å². The largest absolute Gasteiger partial charge is 0.356 e. The Kier molecular flexibility index (Phi) is 5.58. The molecule has 0 radical (unpaired) electrons. The van der Waals surface area contributed by atoms with Crippen LogP contribution in [0.2, 0.25) is 0 Å². The Morgan fingerprint density at radius 3 is 1.46 bits per heavy atom. The van der Waals surface area contributed by atoms with E-state index in [1.807, 2.05) is 18.2 Å². The second kappa shape index (κ2) is 9.32. The van der Waals surface area contributed by atoms with Crippen LogP contribution in [0.1, 0.15) is 0 Å². The van der Waals surface area contributed by atoms with Gasteiger partial charge in [-0.3, -0.25) is 0 Å². The summed E-state index contributed by atoms with van der Waals surface area (Å²) in [5, 5.41) is 6.03. The maximum Gasteiger partial charge on any atom is 0.0384 e. The van der Waals surface area contributed by atoms with Gasteiger partial charge in [0, 0.05) is 11.4 Å². The minimum atomic E-state index is 1.08. The molecule has 0 saturated heterocycles. The van der Waals surface area contributed by atoms with Gasteiger partial charge in [-0.25, -0.2) is 0 Å². The molecule has 6 aromatic rings. The number of rotatable bonds is 5. The molecule has 0 amide bonds. The summed E-state index contributed by atoms with van der Waals surface area (Å²) in [4.78, 5) is 0. The maximum atomic E-state index is 3.49. The minimum absolute atomic E-state index is 1.08. The van der Waals surface area contributed by atoms with Crippen molar-refractivity contribution in [3.63, 3.8) is 0 Å². The van der Waals surface area contributed by atoms with Crippen LogP contribution in [0.25, 0.3) is 44.2 Å². The minimum Gasteiger partial charge on any atom is -0.356 e. The summed E-state index contributed by atoms with van der Waals surface area (Å²) in [6.07, 6.45) is 0. The molecular weight excluding hydrogens is 422 g/mol. The van der Waals surface area contributed by atoms with Gasteiger partial charge < -0.3 is 5.32 Å². The summed E-state index contributed by atoms with van der Waals surface area (Å²) in [5.41, 5.74) is 9.58. The Labute approximate surface area is 206 Å². The molecule has 0 aliphatic carbocycles. The Hall–Kier alpha value is -4.62. The zero-order chi connectivity index (χ0) is 23.5. The Morgan fingerprint density at radius 1 is 0.314 bits per heavy atom. The van der Waals surface area contributed by atoms with Gasteiger partial charge in [0.25, 0.3) is 0 Å². The molecule has 0 spiro atoms. The summed E-state index contributed by atoms with van der Waals surface area (Å²) in [7, 11) is 0. The first-order valence-electron chi connectivity index (χ1n) is 12.0. The van der Waals surface area contributed by atoms with Crippen molar-refractivity contribution in [1.29, 1.82) is 0 Å². The number of nitrogens with one attached hydrogen (secondary N) is 1. The van der Waals surface area contributed by atoms with E-state index in [9.17, 15) is 0 Å². The number of hydrogen-bond donors (Lipinski definition) is 1. The van der Waals surface area contributed by atoms with Crippen molar-refractivity contribution in [2.75, 3.05) is 5.32 Å². The maximum absolute atomic E-state index is 3.49. The topological polar surface area (TPSA) is 12.0 Å². The molecule has 35 heavy (non-hydrogen) atoms. The molecule has 0 fully saturated rings. The van der Waals surface area contributed by atoms with Gasteiger partial charge in [-0.15, -0.1) is 0 Å². The van der Waals surface area contributed by atoms with Crippen LogP contribution in [-0.2, 0) is 0 Å². The molecule has 0 unspecified atom stereocenters. The predicted octanol–water partition coefficient (Wildman–Crippen LogP) is 9.58. The lowest BCUT2D eigenvalue weighted by Gasteiger charge is -2.16. The number of benzene rings is 6. The van der Waals surface area contributed by atoms with Crippen LogP contribution < -0.4 is 5.32 Å². The zero-order valence-electron chi connectivity index (χ0n) is 19.4. The summed E-state index contributed by atoms with van der Waals surface area (Å²) in [6.45, 7) is 0. The lowest BCUT2D eigenvalue weighted by Crippen LogP contribution is -1.91. The van der Waals surface area contributed by atoms with Crippen LogP contribution in [0.3, 0.4) is 0 Å². The third-order valence-electron chi connectivity index (χ3n) is 6.47. The third kappa shape index (κ3) is 4.20. The molecule has 0 heterocycles. The first kappa shape index (κ1) is 20.9. The molecule has 0 aliphatic heterocycles. The molecule has 0 bridgehead atoms. The summed E-state index contributed by atoms with van der Waals surface area (Å²) < 4.78 is 0. The van der Waals surface area contributed by atoms with Gasteiger partial charge >= 0.3 is 0 Å². The van der Waals surface area contributed by atoms with E-state index < -0.39 is 0 Å². The van der Waals surface area contributed by atoms with Crippen molar-refractivity contribution in [1.82, 2.24) is 0 Å².